The summed E-state index contributed by atoms with van der Waals surface area (Å²) in [5, 5.41) is 11.0. The van der Waals surface area contributed by atoms with Gasteiger partial charge in [-0.25, -0.2) is 4.79 Å². The van der Waals surface area contributed by atoms with Crippen LogP contribution in [0.4, 0.5) is 4.79 Å². The number of nitrogens with zero attached hydrogens (tertiary/aromatic N) is 5. The molecule has 6 saturated heterocycles. The Labute approximate surface area is 547 Å². The topological polar surface area (TPSA) is 177 Å². The van der Waals surface area contributed by atoms with Gasteiger partial charge in [0.05, 0.1) is 29.2 Å². The van der Waals surface area contributed by atoms with E-state index in [1.807, 2.05) is 48.4 Å². The van der Waals surface area contributed by atoms with Crippen LogP contribution in [0.15, 0.2) is 16.7 Å². The molecule has 6 fully saturated rings. The van der Waals surface area contributed by atoms with Crippen LogP contribution in [0.5, 0.6) is 0 Å². The highest BCUT2D eigenvalue weighted by molar-refractivity contribution is 5.78. The highest BCUT2D eigenvalue weighted by atomic mass is 16.5. The number of ether oxygens (including phenoxy) is 4. The van der Waals surface area contributed by atoms with Gasteiger partial charge in [-0.3, -0.25) is 14.3 Å². The van der Waals surface area contributed by atoms with Crippen LogP contribution in [0.25, 0.3) is 0 Å². The zero-order valence-corrected chi connectivity index (χ0v) is 61.9. The minimum atomic E-state index is -0.213. The number of carbonyl (C=O) groups excluding carboxylic acids is 3. The molecule has 3 N–H and O–H groups in total. The molecule has 2 aromatic rings. The van der Waals surface area contributed by atoms with Gasteiger partial charge in [0.2, 0.25) is 11.8 Å². The lowest BCUT2D eigenvalue weighted by Crippen LogP contribution is -2.29. The fourth-order valence-electron chi connectivity index (χ4n) is 11.5. The minimum Gasteiger partial charge on any atom is -0.381 e. The van der Waals surface area contributed by atoms with Crippen molar-refractivity contribution in [1.29, 1.82) is 0 Å². The predicted molar refractivity (Wildman–Crippen MR) is 372 cm³/mol. The number of aromatic nitrogens is 3. The Bertz CT molecular complexity index is 1980. The first-order valence-corrected chi connectivity index (χ1v) is 35.7. The number of hydrogen-bond acceptors (Lipinski definition) is 10. The maximum Gasteiger partial charge on any atom is 0.317 e. The lowest BCUT2D eigenvalue weighted by Gasteiger charge is -2.24. The number of aryl methyl sites for hydroxylation is 3. The van der Waals surface area contributed by atoms with Crippen molar-refractivity contribution in [3.8, 4) is 0 Å². The first-order chi connectivity index (χ1) is 41.8. The summed E-state index contributed by atoms with van der Waals surface area (Å²) in [7, 11) is 1.99. The maximum absolute atomic E-state index is 11.2. The van der Waals surface area contributed by atoms with Crippen LogP contribution >= 0.6 is 0 Å². The molecule has 0 aliphatic carbocycles. The van der Waals surface area contributed by atoms with E-state index >= 15 is 0 Å². The molecule has 89 heavy (non-hydrogen) atoms. The molecule has 0 radical (unpaired) electrons. The number of likely N-dealkylation sites (tertiary alicyclic amines) is 1. The lowest BCUT2D eigenvalue weighted by molar-refractivity contribution is -0.127. The lowest BCUT2D eigenvalue weighted by atomic mass is 9.91. The zero-order valence-electron chi connectivity index (χ0n) is 61.9. The summed E-state index contributed by atoms with van der Waals surface area (Å²) >= 11 is 0. The molecule has 6 aliphatic rings. The van der Waals surface area contributed by atoms with Crippen molar-refractivity contribution in [2.24, 2.45) is 72.0 Å². The average molecular weight is 1260 g/mol. The van der Waals surface area contributed by atoms with E-state index in [1.54, 1.807) is 0 Å². The van der Waals surface area contributed by atoms with Gasteiger partial charge < -0.3 is 44.3 Å². The molecular formula is C74H143N7O8. The molecular weight excluding hydrogens is 1110 g/mol. The quantitative estimate of drug-likeness (QED) is 0.122. The van der Waals surface area contributed by atoms with E-state index in [0.29, 0.717) is 48.2 Å². The highest BCUT2D eigenvalue weighted by Gasteiger charge is 2.30. The minimum absolute atomic E-state index is 0.102. The number of nitrogens with one attached hydrogen (secondary N) is 1. The number of amides is 4. The Balaban J connectivity index is 0.000000982. The van der Waals surface area contributed by atoms with Gasteiger partial charge in [0.25, 0.3) is 0 Å². The van der Waals surface area contributed by atoms with E-state index in [4.69, 9.17) is 29.2 Å². The van der Waals surface area contributed by atoms with Crippen molar-refractivity contribution in [3.63, 3.8) is 0 Å². The van der Waals surface area contributed by atoms with Crippen molar-refractivity contribution in [2.45, 2.75) is 292 Å². The Morgan fingerprint density at radius 2 is 1.19 bits per heavy atom. The van der Waals surface area contributed by atoms with Gasteiger partial charge in [-0.1, -0.05) is 130 Å². The van der Waals surface area contributed by atoms with E-state index < -0.39 is 0 Å². The molecule has 15 heteroatoms. The van der Waals surface area contributed by atoms with E-state index in [2.05, 4.69) is 146 Å². The average Bonchev–Trinajstić information content (AvgIpc) is 4.54. The van der Waals surface area contributed by atoms with E-state index in [9.17, 15) is 14.4 Å². The summed E-state index contributed by atoms with van der Waals surface area (Å²) in [6.45, 7) is 55.4. The molecule has 0 bridgehead atoms. The number of primary amides is 1. The second-order valence-electron chi connectivity index (χ2n) is 30.2. The summed E-state index contributed by atoms with van der Waals surface area (Å²) in [5.41, 5.74) is 8.58. The molecule has 15 nitrogen and oxygen atoms in total. The summed E-state index contributed by atoms with van der Waals surface area (Å²) in [6.07, 6.45) is 24.5. The first kappa shape index (κ1) is 85.5. The second kappa shape index (κ2) is 50.0. The van der Waals surface area contributed by atoms with Crippen LogP contribution in [-0.4, -0.2) is 126 Å². The largest absolute Gasteiger partial charge is 0.381 e. The predicted octanol–water partition coefficient (Wildman–Crippen LogP) is 17.2. The van der Waals surface area contributed by atoms with Crippen LogP contribution in [0.3, 0.4) is 0 Å². The molecule has 6 aliphatic heterocycles. The number of nitrogens with two attached hydrogens (primary N) is 1. The number of urea groups is 1. The van der Waals surface area contributed by atoms with Crippen LogP contribution in [-0.2, 0) is 48.4 Å². The third-order valence-corrected chi connectivity index (χ3v) is 15.8. The normalized spacial score (nSPS) is 19.8. The molecule has 1 unspecified atom stereocenters. The molecule has 4 amide bonds. The zero-order chi connectivity index (χ0) is 67.5. The van der Waals surface area contributed by atoms with Crippen LogP contribution in [0.1, 0.15) is 270 Å². The van der Waals surface area contributed by atoms with Crippen LogP contribution < -0.4 is 11.1 Å². The molecule has 0 aromatic carbocycles. The van der Waals surface area contributed by atoms with Crippen molar-refractivity contribution in [1.82, 2.24) is 30.1 Å². The molecule has 3 atom stereocenters. The number of hydrogen-bond donors (Lipinski definition) is 2. The smallest absolute Gasteiger partial charge is 0.317 e. The van der Waals surface area contributed by atoms with E-state index in [1.165, 1.54) is 101 Å². The van der Waals surface area contributed by atoms with E-state index in [-0.39, 0.29) is 17.5 Å². The fourth-order valence-corrected chi connectivity index (χ4v) is 11.5. The molecule has 8 heterocycles. The maximum atomic E-state index is 11.2. The first-order valence-electron chi connectivity index (χ1n) is 35.7. The Morgan fingerprint density at radius 1 is 0.629 bits per heavy atom. The van der Waals surface area contributed by atoms with Crippen LogP contribution in [0.2, 0.25) is 0 Å². The summed E-state index contributed by atoms with van der Waals surface area (Å²) in [5.74, 6) is 8.43. The van der Waals surface area contributed by atoms with Crippen molar-refractivity contribution >= 4 is 17.8 Å². The van der Waals surface area contributed by atoms with E-state index in [0.717, 1.165) is 145 Å². The highest BCUT2D eigenvalue weighted by Crippen LogP contribution is 2.31. The fraction of sp³-hybridized carbons (Fsp3) is 0.878. The van der Waals surface area contributed by atoms with Crippen LogP contribution in [0, 0.1) is 73.0 Å². The Morgan fingerprint density at radius 3 is 1.55 bits per heavy atom. The van der Waals surface area contributed by atoms with Gasteiger partial charge in [-0.2, -0.15) is 5.10 Å². The molecule has 8 rings (SSSR count). The molecule has 2 aromatic heterocycles. The van der Waals surface area contributed by atoms with Crippen molar-refractivity contribution < 1.29 is 37.9 Å². The van der Waals surface area contributed by atoms with Gasteiger partial charge in [0.1, 0.15) is 5.76 Å². The van der Waals surface area contributed by atoms with Gasteiger partial charge in [-0.05, 0) is 202 Å². The van der Waals surface area contributed by atoms with Gasteiger partial charge >= 0.3 is 6.03 Å². The monoisotopic (exact) mass is 1260 g/mol. The van der Waals surface area contributed by atoms with Gasteiger partial charge in [0, 0.05) is 97.4 Å². The molecule has 0 saturated carbocycles. The second-order valence-corrected chi connectivity index (χ2v) is 30.2. The van der Waals surface area contributed by atoms with Crippen molar-refractivity contribution in [3.05, 3.63) is 35.0 Å². The summed E-state index contributed by atoms with van der Waals surface area (Å²) < 4.78 is 28.7. The Kier molecular flexibility index (Phi) is 48.0. The molecule has 0 spiro atoms. The number of carbonyl (C=O) groups is 3. The third kappa shape index (κ3) is 48.8. The van der Waals surface area contributed by atoms with Crippen molar-refractivity contribution in [2.75, 3.05) is 65.8 Å². The summed E-state index contributed by atoms with van der Waals surface area (Å²) in [6, 6.07) is 4.24. The third-order valence-electron chi connectivity index (χ3n) is 15.8. The Hall–Kier alpha value is -3.53. The summed E-state index contributed by atoms with van der Waals surface area (Å²) in [4.78, 5) is 36.1. The van der Waals surface area contributed by atoms with Gasteiger partial charge in [0.15, 0.2) is 0 Å². The SMILES string of the molecule is CC(C)CC(N)=O.CC(C)CC1(C)CCCO1.CC(C)CC1CCOCC1.CC(C)CCCN1CCCC1=O.CC(C)CCN1CCNC1=O.CC(C)C[C@@H]1CCCO1.CC(C)C[C@H]1CCCO1.Cc1cc(CC(C)C)nn1C.Cc1cc(CC(C)C)no1. The standard InChI is InChI=1S/C10H19NO.C9H16N2.2C9H18O.C8H16N2O.C8H13NO.2C8H16O.C5H11NO/c1-9(2)5-3-7-11-8-4-6-10(11)12;1-7(2)5-9-6-8(3)11(4)10-9;1-8(2)7-9(3)5-4-6-10-9;1-8(2)7-9-3-5-10-6-4-9;1-7(2)3-5-10-6-4-9-8(10)11;1-6(2)4-8-5-7(3)10-9-8;2*1-7(2)6-8-4-3-5-9-8;1-4(2)3-5(6)7/h9H,3-8H2,1-2H3;6-7H,5H2,1-4H3;8H,4-7H2,1-3H3;8-9H,3-7H2,1-2H3;7H,3-6H2,1-2H3,(H,9,11);5-6H,4H2,1-3H3;2*7-8H,3-6H2,1-2H3;4H,3H2,1-2H3,(H2,6,7)/t;;;;;;2*8-;/m......10./s1. The molecule has 522 valence electrons. The number of rotatable bonds is 21. The van der Waals surface area contributed by atoms with Gasteiger partial charge in [-0.15, -0.1) is 0 Å².